The number of unbranched alkanes of at least 4 members (excludes halogenated alkanes) is 13. The summed E-state index contributed by atoms with van der Waals surface area (Å²) < 4.78 is 17.6. The Bertz CT molecular complexity index is 801. The van der Waals surface area contributed by atoms with Crippen LogP contribution in [0.3, 0.4) is 0 Å². The maximum absolute atomic E-state index is 11.6. The van der Waals surface area contributed by atoms with Gasteiger partial charge >= 0.3 is 5.97 Å². The molecule has 3 heterocycles. The zero-order valence-corrected chi connectivity index (χ0v) is 28.1. The standard InChI is InChI=1S/C37H66O7/c1-3-4-5-6-13-16-19-31(39)33-23-25-35(43-33)36-26-24-34(44-36)32(40)20-17-14-11-9-7-8-10-12-15-18-30(38)22-21-29-27-28(2)42-37(29)41/h27-28,30-36,38-40H,3-26H2,1-2H3/t28-,30?,31-,32+,33+,34+,35+,36+/m0/s1. The molecule has 0 spiro atoms. The van der Waals surface area contributed by atoms with Crippen LogP contribution in [0, 0.1) is 0 Å². The molecule has 0 amide bonds. The van der Waals surface area contributed by atoms with Gasteiger partial charge < -0.3 is 29.5 Å². The quantitative estimate of drug-likeness (QED) is 0.0703. The number of hydrogen-bond donors (Lipinski definition) is 3. The summed E-state index contributed by atoms with van der Waals surface area (Å²) in [6.45, 7) is 4.10. The average Bonchev–Trinajstić information content (AvgIpc) is 3.76. The van der Waals surface area contributed by atoms with Gasteiger partial charge in [-0.1, -0.05) is 103 Å². The molecule has 0 aromatic carbocycles. The Hall–Kier alpha value is -0.990. The first-order valence-electron chi connectivity index (χ1n) is 18.6. The monoisotopic (exact) mass is 622 g/mol. The second-order valence-electron chi connectivity index (χ2n) is 14.0. The molecule has 0 aromatic heterocycles. The predicted octanol–water partition coefficient (Wildman–Crippen LogP) is 7.86. The molecule has 7 nitrogen and oxygen atoms in total. The summed E-state index contributed by atoms with van der Waals surface area (Å²) in [6.07, 6.45) is 26.0. The third-order valence-corrected chi connectivity index (χ3v) is 10.1. The van der Waals surface area contributed by atoms with E-state index in [9.17, 15) is 20.1 Å². The molecule has 0 aliphatic carbocycles. The van der Waals surface area contributed by atoms with E-state index < -0.39 is 6.10 Å². The molecule has 3 aliphatic heterocycles. The van der Waals surface area contributed by atoms with Gasteiger partial charge in [-0.3, -0.25) is 0 Å². The number of ether oxygens (including phenoxy) is 3. The highest BCUT2D eigenvalue weighted by Gasteiger charge is 2.40. The van der Waals surface area contributed by atoms with Gasteiger partial charge in [0.1, 0.15) is 6.10 Å². The highest BCUT2D eigenvalue weighted by Crippen LogP contribution is 2.34. The number of rotatable bonds is 25. The molecule has 0 saturated carbocycles. The molecule has 44 heavy (non-hydrogen) atoms. The second-order valence-corrected chi connectivity index (χ2v) is 14.0. The molecular weight excluding hydrogens is 556 g/mol. The first-order valence-corrected chi connectivity index (χ1v) is 18.6. The van der Waals surface area contributed by atoms with Gasteiger partial charge in [-0.15, -0.1) is 0 Å². The molecule has 2 saturated heterocycles. The molecule has 2 fully saturated rings. The van der Waals surface area contributed by atoms with Crippen LogP contribution in [0.15, 0.2) is 11.6 Å². The smallest absolute Gasteiger partial charge is 0.334 e. The summed E-state index contributed by atoms with van der Waals surface area (Å²) in [5.74, 6) is -0.225. The Balaban J connectivity index is 1.11. The number of hydrogen-bond acceptors (Lipinski definition) is 7. The summed E-state index contributed by atoms with van der Waals surface area (Å²) in [7, 11) is 0. The fourth-order valence-electron chi connectivity index (χ4n) is 7.25. The lowest BCUT2D eigenvalue weighted by Crippen LogP contribution is -2.33. The molecule has 8 atom stereocenters. The van der Waals surface area contributed by atoms with Crippen LogP contribution in [0.4, 0.5) is 0 Å². The van der Waals surface area contributed by atoms with Crippen LogP contribution < -0.4 is 0 Å². The zero-order chi connectivity index (χ0) is 31.6. The van der Waals surface area contributed by atoms with Gasteiger partial charge in [0.25, 0.3) is 0 Å². The van der Waals surface area contributed by atoms with Crippen LogP contribution in [0.2, 0.25) is 0 Å². The topological polar surface area (TPSA) is 105 Å². The fourth-order valence-corrected chi connectivity index (χ4v) is 7.25. The first kappa shape index (κ1) is 37.5. The number of cyclic esters (lactones) is 1. The van der Waals surface area contributed by atoms with E-state index in [1.54, 1.807) is 0 Å². The molecule has 3 N–H and O–H groups in total. The van der Waals surface area contributed by atoms with E-state index in [1.807, 2.05) is 13.0 Å². The van der Waals surface area contributed by atoms with E-state index in [2.05, 4.69) is 6.92 Å². The third-order valence-electron chi connectivity index (χ3n) is 10.1. The minimum atomic E-state index is -0.391. The second kappa shape index (κ2) is 21.7. The van der Waals surface area contributed by atoms with Crippen molar-refractivity contribution in [1.29, 1.82) is 0 Å². The lowest BCUT2D eigenvalue weighted by atomic mass is 10.00. The van der Waals surface area contributed by atoms with E-state index in [4.69, 9.17) is 14.2 Å². The zero-order valence-electron chi connectivity index (χ0n) is 28.1. The summed E-state index contributed by atoms with van der Waals surface area (Å²) >= 11 is 0. The Morgan fingerprint density at radius 2 is 1.11 bits per heavy atom. The van der Waals surface area contributed by atoms with Crippen LogP contribution in [0.25, 0.3) is 0 Å². The van der Waals surface area contributed by atoms with Crippen molar-refractivity contribution in [2.75, 3.05) is 0 Å². The lowest BCUT2D eigenvalue weighted by Gasteiger charge is -2.24. The fraction of sp³-hybridized carbons (Fsp3) is 0.919. The maximum Gasteiger partial charge on any atom is 0.334 e. The van der Waals surface area contributed by atoms with Gasteiger partial charge in [0.2, 0.25) is 0 Å². The van der Waals surface area contributed by atoms with Crippen molar-refractivity contribution >= 4 is 5.97 Å². The Labute approximate surface area is 268 Å². The molecule has 0 radical (unpaired) electrons. The van der Waals surface area contributed by atoms with Gasteiger partial charge in [-0.2, -0.15) is 0 Å². The average molecular weight is 623 g/mol. The number of esters is 1. The maximum atomic E-state index is 11.6. The highest BCUT2D eigenvalue weighted by atomic mass is 16.6. The van der Waals surface area contributed by atoms with Crippen molar-refractivity contribution in [2.45, 2.75) is 217 Å². The largest absolute Gasteiger partial charge is 0.455 e. The molecule has 3 aliphatic rings. The number of aliphatic hydroxyl groups excluding tert-OH is 3. The molecule has 3 rings (SSSR count). The van der Waals surface area contributed by atoms with Gasteiger partial charge in [-0.25, -0.2) is 4.79 Å². The lowest BCUT2D eigenvalue weighted by molar-refractivity contribution is -0.139. The minimum Gasteiger partial charge on any atom is -0.455 e. The number of carbonyl (C=O) groups is 1. The summed E-state index contributed by atoms with van der Waals surface area (Å²) in [4.78, 5) is 11.6. The van der Waals surface area contributed by atoms with E-state index in [1.165, 1.54) is 64.2 Å². The van der Waals surface area contributed by atoms with E-state index >= 15 is 0 Å². The van der Waals surface area contributed by atoms with E-state index in [0.29, 0.717) is 18.4 Å². The van der Waals surface area contributed by atoms with Gasteiger partial charge in [0.05, 0.1) is 42.7 Å². The van der Waals surface area contributed by atoms with Crippen molar-refractivity contribution in [1.82, 2.24) is 0 Å². The molecule has 1 unspecified atom stereocenters. The number of carbonyl (C=O) groups excluding carboxylic acids is 1. The summed E-state index contributed by atoms with van der Waals surface area (Å²) in [5.41, 5.74) is 0.713. The molecular formula is C37H66O7. The van der Waals surface area contributed by atoms with Crippen LogP contribution in [-0.4, -0.2) is 70.1 Å². The van der Waals surface area contributed by atoms with Gasteiger partial charge in [0.15, 0.2) is 0 Å². The molecule has 7 heteroatoms. The van der Waals surface area contributed by atoms with Gasteiger partial charge in [-0.05, 0) is 70.8 Å². The van der Waals surface area contributed by atoms with Crippen LogP contribution in [0.1, 0.15) is 168 Å². The Morgan fingerprint density at radius 3 is 1.57 bits per heavy atom. The summed E-state index contributed by atoms with van der Waals surface area (Å²) in [6, 6.07) is 0. The van der Waals surface area contributed by atoms with E-state index in [0.717, 1.165) is 77.0 Å². The number of aliphatic hydroxyl groups is 3. The van der Waals surface area contributed by atoms with Crippen LogP contribution >= 0.6 is 0 Å². The normalized spacial score (nSPS) is 27.4. The molecule has 0 bridgehead atoms. The van der Waals surface area contributed by atoms with Crippen molar-refractivity contribution < 1.29 is 34.3 Å². The predicted molar refractivity (Wildman–Crippen MR) is 175 cm³/mol. The van der Waals surface area contributed by atoms with Crippen LogP contribution in [0.5, 0.6) is 0 Å². The Morgan fingerprint density at radius 1 is 0.659 bits per heavy atom. The van der Waals surface area contributed by atoms with Gasteiger partial charge in [0, 0.05) is 5.57 Å². The van der Waals surface area contributed by atoms with Crippen molar-refractivity contribution in [2.24, 2.45) is 0 Å². The van der Waals surface area contributed by atoms with Crippen LogP contribution in [-0.2, 0) is 19.0 Å². The van der Waals surface area contributed by atoms with E-state index in [-0.39, 0.29) is 48.7 Å². The molecule has 0 aromatic rings. The summed E-state index contributed by atoms with van der Waals surface area (Å²) in [5, 5.41) is 31.6. The third kappa shape index (κ3) is 14.2. The van der Waals surface area contributed by atoms with Crippen molar-refractivity contribution in [3.8, 4) is 0 Å². The highest BCUT2D eigenvalue weighted by molar-refractivity contribution is 5.90. The Kier molecular flexibility index (Phi) is 18.5. The SMILES string of the molecule is CCCCCCCC[C@H](O)[C@H]1CC[C@H]([C@H]2CC[C@H]([C@H](O)CCCCCCCCCCCC(O)CCC3=C[C@H](C)OC3=O)O2)O1. The minimum absolute atomic E-state index is 0.0558. The first-order chi connectivity index (χ1) is 21.4. The van der Waals surface area contributed by atoms with Crippen molar-refractivity contribution in [3.63, 3.8) is 0 Å². The molecule has 256 valence electrons. The van der Waals surface area contributed by atoms with Crippen molar-refractivity contribution in [3.05, 3.63) is 11.6 Å².